The quantitative estimate of drug-likeness (QED) is 0.647. The molecule has 2 amide bonds. The zero-order chi connectivity index (χ0) is 21.0. The number of hydrogen-bond acceptors (Lipinski definition) is 6. The maximum atomic E-state index is 12.6. The monoisotopic (exact) mass is 427 g/mol. The van der Waals surface area contributed by atoms with Crippen LogP contribution in [0.3, 0.4) is 0 Å². The molecule has 0 atom stereocenters. The third-order valence-electron chi connectivity index (χ3n) is 4.79. The maximum absolute atomic E-state index is 12.6. The van der Waals surface area contributed by atoms with E-state index in [1.54, 1.807) is 34.2 Å². The molecule has 1 N–H and O–H groups in total. The molecule has 156 valence electrons. The molecule has 0 spiro atoms. The largest absolute Gasteiger partial charge is 0.334 e. The second kappa shape index (κ2) is 8.59. The van der Waals surface area contributed by atoms with Crippen molar-refractivity contribution in [3.63, 3.8) is 0 Å². The normalized spacial score (nSPS) is 15.1. The molecule has 3 aromatic rings. The lowest BCUT2D eigenvalue weighted by atomic mass is 10.3. The van der Waals surface area contributed by atoms with Gasteiger partial charge in [-0.15, -0.1) is 0 Å². The van der Waals surface area contributed by atoms with E-state index in [1.807, 2.05) is 18.2 Å². The van der Waals surface area contributed by atoms with Crippen LogP contribution in [0, 0.1) is 0 Å². The number of carbonyl (C=O) groups excluding carboxylic acids is 1. The Balaban J connectivity index is 1.28. The summed E-state index contributed by atoms with van der Waals surface area (Å²) in [5.74, 6) is 0.695. The van der Waals surface area contributed by atoms with Crippen LogP contribution in [0.2, 0.25) is 0 Å². The van der Waals surface area contributed by atoms with Gasteiger partial charge in [0.2, 0.25) is 10.0 Å². The Morgan fingerprint density at radius 2 is 1.87 bits per heavy atom. The van der Waals surface area contributed by atoms with Crippen molar-refractivity contribution in [3.8, 4) is 5.82 Å². The van der Waals surface area contributed by atoms with Gasteiger partial charge in [0.05, 0.1) is 0 Å². The van der Waals surface area contributed by atoms with E-state index in [-0.39, 0.29) is 24.0 Å². The molecule has 0 aromatic carbocycles. The highest BCUT2D eigenvalue weighted by atomic mass is 32.2. The number of rotatable bonds is 5. The molecule has 1 aliphatic rings. The van der Waals surface area contributed by atoms with Crippen LogP contribution in [-0.2, 0) is 16.6 Å². The van der Waals surface area contributed by atoms with Crippen molar-refractivity contribution in [2.45, 2.75) is 11.4 Å². The van der Waals surface area contributed by atoms with Crippen LogP contribution in [0.1, 0.15) is 5.56 Å². The average Bonchev–Trinajstić information content (AvgIpc) is 3.33. The fourth-order valence-corrected chi connectivity index (χ4v) is 4.52. The molecular formula is C19H21N7O3S. The van der Waals surface area contributed by atoms with Crippen molar-refractivity contribution in [1.29, 1.82) is 0 Å². The van der Waals surface area contributed by atoms with Crippen LogP contribution in [0.15, 0.2) is 66.2 Å². The minimum Gasteiger partial charge on any atom is -0.334 e. The summed E-state index contributed by atoms with van der Waals surface area (Å²) in [6, 6.07) is 8.40. The Kier molecular flexibility index (Phi) is 5.72. The SMILES string of the molecule is O=C(NCc1ccc(-n2cccn2)nc1)N1CCN(S(=O)(=O)c2cccnc2)CC1. The number of pyridine rings is 2. The lowest BCUT2D eigenvalue weighted by Crippen LogP contribution is -2.52. The molecule has 1 aliphatic heterocycles. The number of urea groups is 1. The van der Waals surface area contributed by atoms with Crippen LogP contribution >= 0.6 is 0 Å². The highest BCUT2D eigenvalue weighted by molar-refractivity contribution is 7.89. The fourth-order valence-electron chi connectivity index (χ4n) is 3.13. The van der Waals surface area contributed by atoms with Crippen LogP contribution in [0.5, 0.6) is 0 Å². The summed E-state index contributed by atoms with van der Waals surface area (Å²) in [7, 11) is -3.59. The van der Waals surface area contributed by atoms with Crippen molar-refractivity contribution in [2.75, 3.05) is 26.2 Å². The number of sulfonamides is 1. The third kappa shape index (κ3) is 4.31. The number of carbonyl (C=O) groups is 1. The number of amides is 2. The van der Waals surface area contributed by atoms with Crippen molar-refractivity contribution < 1.29 is 13.2 Å². The van der Waals surface area contributed by atoms with Gasteiger partial charge in [-0.2, -0.15) is 9.40 Å². The highest BCUT2D eigenvalue weighted by Crippen LogP contribution is 2.16. The summed E-state index contributed by atoms with van der Waals surface area (Å²) in [4.78, 5) is 22.4. The van der Waals surface area contributed by atoms with Gasteiger partial charge in [0.1, 0.15) is 4.90 Å². The summed E-state index contributed by atoms with van der Waals surface area (Å²) in [5, 5.41) is 6.98. The van der Waals surface area contributed by atoms with E-state index >= 15 is 0 Å². The molecular weight excluding hydrogens is 406 g/mol. The maximum Gasteiger partial charge on any atom is 0.317 e. The van der Waals surface area contributed by atoms with Gasteiger partial charge in [0.15, 0.2) is 5.82 Å². The summed E-state index contributed by atoms with van der Waals surface area (Å²) >= 11 is 0. The van der Waals surface area contributed by atoms with Crippen molar-refractivity contribution >= 4 is 16.1 Å². The molecule has 0 bridgehead atoms. The Hall–Kier alpha value is -3.31. The minimum absolute atomic E-state index is 0.161. The number of hydrogen-bond donors (Lipinski definition) is 1. The Labute approximate surface area is 174 Å². The topological polar surface area (TPSA) is 113 Å². The Morgan fingerprint density at radius 3 is 2.50 bits per heavy atom. The van der Waals surface area contributed by atoms with Crippen LogP contribution in [0.25, 0.3) is 5.82 Å². The Morgan fingerprint density at radius 1 is 1.03 bits per heavy atom. The number of piperazine rings is 1. The predicted octanol–water partition coefficient (Wildman–Crippen LogP) is 0.878. The van der Waals surface area contributed by atoms with E-state index in [4.69, 9.17) is 0 Å². The second-order valence-electron chi connectivity index (χ2n) is 6.71. The van der Waals surface area contributed by atoms with Crippen molar-refractivity contribution in [2.24, 2.45) is 0 Å². The zero-order valence-corrected chi connectivity index (χ0v) is 16.9. The van der Waals surface area contributed by atoms with Gasteiger partial charge < -0.3 is 10.2 Å². The van der Waals surface area contributed by atoms with Crippen LogP contribution in [0.4, 0.5) is 4.79 Å². The van der Waals surface area contributed by atoms with E-state index in [0.29, 0.717) is 25.5 Å². The first-order chi connectivity index (χ1) is 14.5. The predicted molar refractivity (Wildman–Crippen MR) is 108 cm³/mol. The van der Waals surface area contributed by atoms with Gasteiger partial charge in [-0.05, 0) is 29.8 Å². The number of nitrogens with zero attached hydrogens (tertiary/aromatic N) is 6. The fraction of sp³-hybridized carbons (Fsp3) is 0.263. The van der Waals surface area contributed by atoms with E-state index in [2.05, 4.69) is 20.4 Å². The molecule has 0 radical (unpaired) electrons. The third-order valence-corrected chi connectivity index (χ3v) is 6.67. The molecule has 30 heavy (non-hydrogen) atoms. The summed E-state index contributed by atoms with van der Waals surface area (Å²) in [6.07, 6.45) is 8.03. The molecule has 4 rings (SSSR count). The van der Waals surface area contributed by atoms with E-state index < -0.39 is 10.0 Å². The lowest BCUT2D eigenvalue weighted by molar-refractivity contribution is 0.172. The van der Waals surface area contributed by atoms with Crippen molar-refractivity contribution in [1.82, 2.24) is 34.3 Å². The summed E-state index contributed by atoms with van der Waals surface area (Å²) < 4.78 is 28.3. The van der Waals surface area contributed by atoms with E-state index in [1.165, 1.54) is 22.8 Å². The van der Waals surface area contributed by atoms with E-state index in [9.17, 15) is 13.2 Å². The molecule has 4 heterocycles. The lowest BCUT2D eigenvalue weighted by Gasteiger charge is -2.33. The van der Waals surface area contributed by atoms with Gasteiger partial charge in [0.25, 0.3) is 0 Å². The number of aromatic nitrogens is 4. The smallest absolute Gasteiger partial charge is 0.317 e. The molecule has 0 saturated carbocycles. The molecule has 10 nitrogen and oxygen atoms in total. The van der Waals surface area contributed by atoms with E-state index in [0.717, 1.165) is 5.56 Å². The first-order valence-electron chi connectivity index (χ1n) is 9.42. The molecule has 1 fully saturated rings. The molecule has 0 aliphatic carbocycles. The van der Waals surface area contributed by atoms with Gasteiger partial charge in [-0.1, -0.05) is 6.07 Å². The van der Waals surface area contributed by atoms with Gasteiger partial charge in [-0.25, -0.2) is 22.9 Å². The molecule has 1 saturated heterocycles. The first-order valence-corrected chi connectivity index (χ1v) is 10.9. The zero-order valence-electron chi connectivity index (χ0n) is 16.1. The second-order valence-corrected chi connectivity index (χ2v) is 8.65. The number of nitrogens with one attached hydrogen (secondary N) is 1. The van der Waals surface area contributed by atoms with Crippen LogP contribution in [-0.4, -0.2) is 69.6 Å². The molecule has 11 heteroatoms. The van der Waals surface area contributed by atoms with Crippen molar-refractivity contribution in [3.05, 3.63) is 66.9 Å². The van der Waals surface area contributed by atoms with Gasteiger partial charge in [-0.3, -0.25) is 4.98 Å². The first kappa shape index (κ1) is 20.0. The van der Waals surface area contributed by atoms with Crippen LogP contribution < -0.4 is 5.32 Å². The summed E-state index contributed by atoms with van der Waals surface area (Å²) in [6.45, 7) is 1.46. The molecule has 3 aromatic heterocycles. The standard InChI is InChI=1S/C19H21N7O3S/c27-19(22-14-16-4-5-18(21-13-16)26-8-2-7-23-26)24-9-11-25(12-10-24)30(28,29)17-3-1-6-20-15-17/h1-8,13,15H,9-12,14H2,(H,22,27). The average molecular weight is 427 g/mol. The minimum atomic E-state index is -3.59. The Bertz CT molecular complexity index is 1080. The summed E-state index contributed by atoms with van der Waals surface area (Å²) in [5.41, 5.74) is 0.858. The molecule has 0 unspecified atom stereocenters. The highest BCUT2D eigenvalue weighted by Gasteiger charge is 2.30. The van der Waals surface area contributed by atoms with Gasteiger partial charge in [0, 0.05) is 63.7 Å². The van der Waals surface area contributed by atoms with Gasteiger partial charge >= 0.3 is 6.03 Å².